The van der Waals surface area contributed by atoms with E-state index in [1.54, 1.807) is 0 Å². The molecule has 0 unspecified atom stereocenters. The Morgan fingerprint density at radius 1 is 1.44 bits per heavy atom. The molecule has 0 heterocycles. The summed E-state index contributed by atoms with van der Waals surface area (Å²) < 4.78 is 0. The zero-order valence-corrected chi connectivity index (χ0v) is 11.1. The number of carbonyl (C=O) groups excluding carboxylic acids is 1. The quantitative estimate of drug-likeness (QED) is 0.719. The van der Waals surface area contributed by atoms with Gasteiger partial charge in [0.1, 0.15) is 0 Å². The number of benzene rings is 1. The van der Waals surface area contributed by atoms with Gasteiger partial charge < -0.3 is 16.2 Å². The van der Waals surface area contributed by atoms with Crippen LogP contribution >= 0.6 is 0 Å². The average Bonchev–Trinajstić information content (AvgIpc) is 2.24. The van der Waals surface area contributed by atoms with E-state index in [0.717, 1.165) is 24.1 Å². The van der Waals surface area contributed by atoms with Gasteiger partial charge in [-0.2, -0.15) is 0 Å². The lowest BCUT2D eigenvalue weighted by Crippen LogP contribution is -2.36. The SMILES string of the molecule is CC(C)(N)CC(=O)Nc1cccc(CCCO)c1. The Balaban J connectivity index is 2.59. The monoisotopic (exact) mass is 250 g/mol. The van der Waals surface area contributed by atoms with E-state index in [4.69, 9.17) is 10.8 Å². The molecule has 0 saturated heterocycles. The second-order valence-electron chi connectivity index (χ2n) is 5.24. The Morgan fingerprint density at radius 3 is 2.78 bits per heavy atom. The molecule has 0 atom stereocenters. The second-order valence-corrected chi connectivity index (χ2v) is 5.24. The van der Waals surface area contributed by atoms with Crippen molar-refractivity contribution in [1.29, 1.82) is 0 Å². The van der Waals surface area contributed by atoms with E-state index < -0.39 is 5.54 Å². The van der Waals surface area contributed by atoms with Crippen LogP contribution in [0.4, 0.5) is 5.69 Å². The molecule has 1 rings (SSSR count). The standard InChI is InChI=1S/C14H22N2O2/c1-14(2,15)10-13(18)16-12-7-3-5-11(9-12)6-4-8-17/h3,5,7,9,17H,4,6,8,10,15H2,1-2H3,(H,16,18). The van der Waals surface area contributed by atoms with Gasteiger partial charge in [-0.3, -0.25) is 4.79 Å². The molecule has 0 aliphatic carbocycles. The molecule has 4 N–H and O–H groups in total. The molecule has 0 saturated carbocycles. The summed E-state index contributed by atoms with van der Waals surface area (Å²) in [5.74, 6) is -0.0817. The smallest absolute Gasteiger partial charge is 0.226 e. The van der Waals surface area contributed by atoms with E-state index in [0.29, 0.717) is 0 Å². The van der Waals surface area contributed by atoms with Gasteiger partial charge >= 0.3 is 0 Å². The Kier molecular flexibility index (Phi) is 5.31. The zero-order valence-electron chi connectivity index (χ0n) is 11.1. The minimum absolute atomic E-state index is 0.0817. The van der Waals surface area contributed by atoms with Crippen LogP contribution in [-0.2, 0) is 11.2 Å². The first kappa shape index (κ1) is 14.7. The summed E-state index contributed by atoms with van der Waals surface area (Å²) in [5, 5.41) is 11.6. The lowest BCUT2D eigenvalue weighted by Gasteiger charge is -2.17. The van der Waals surface area contributed by atoms with Crippen LogP contribution in [0.25, 0.3) is 0 Å². The van der Waals surface area contributed by atoms with Gasteiger partial charge in [-0.25, -0.2) is 0 Å². The van der Waals surface area contributed by atoms with Crippen molar-refractivity contribution in [3.8, 4) is 0 Å². The normalized spacial score (nSPS) is 11.3. The number of rotatable bonds is 6. The van der Waals surface area contributed by atoms with Gasteiger partial charge in [0.15, 0.2) is 0 Å². The molecule has 1 aromatic rings. The number of nitrogens with two attached hydrogens (primary N) is 1. The molecule has 1 amide bonds. The van der Waals surface area contributed by atoms with Gasteiger partial charge in [0.05, 0.1) is 0 Å². The van der Waals surface area contributed by atoms with Gasteiger partial charge in [-0.15, -0.1) is 0 Å². The number of hydrogen-bond donors (Lipinski definition) is 3. The van der Waals surface area contributed by atoms with Gasteiger partial charge in [0, 0.05) is 24.3 Å². The van der Waals surface area contributed by atoms with Crippen LogP contribution < -0.4 is 11.1 Å². The topological polar surface area (TPSA) is 75.4 Å². The summed E-state index contributed by atoms with van der Waals surface area (Å²) in [6.45, 7) is 3.83. The van der Waals surface area contributed by atoms with Crippen molar-refractivity contribution in [1.82, 2.24) is 0 Å². The molecule has 0 radical (unpaired) electrons. The van der Waals surface area contributed by atoms with Crippen LogP contribution in [-0.4, -0.2) is 23.2 Å². The third-order valence-corrected chi connectivity index (χ3v) is 2.45. The molecule has 0 fully saturated rings. The maximum Gasteiger partial charge on any atom is 0.226 e. The Hall–Kier alpha value is -1.39. The number of nitrogens with one attached hydrogen (secondary N) is 1. The lowest BCUT2D eigenvalue weighted by molar-refractivity contribution is -0.117. The predicted molar refractivity (Wildman–Crippen MR) is 73.4 cm³/mol. The predicted octanol–water partition coefficient (Wildman–Crippen LogP) is 1.68. The van der Waals surface area contributed by atoms with Crippen molar-refractivity contribution in [3.63, 3.8) is 0 Å². The molecule has 0 aromatic heterocycles. The molecule has 18 heavy (non-hydrogen) atoms. The van der Waals surface area contributed by atoms with Crippen molar-refractivity contribution in [2.75, 3.05) is 11.9 Å². The number of aliphatic hydroxyl groups is 1. The maximum absolute atomic E-state index is 11.7. The van der Waals surface area contributed by atoms with Crippen molar-refractivity contribution < 1.29 is 9.90 Å². The Morgan fingerprint density at radius 2 is 2.17 bits per heavy atom. The Bertz CT molecular complexity index is 397. The van der Waals surface area contributed by atoms with Crippen LogP contribution in [0.1, 0.15) is 32.3 Å². The number of aryl methyl sites for hydroxylation is 1. The first-order chi connectivity index (χ1) is 8.40. The number of aliphatic hydroxyl groups excluding tert-OH is 1. The molecule has 1 aromatic carbocycles. The van der Waals surface area contributed by atoms with Crippen LogP contribution in [0.5, 0.6) is 0 Å². The molecular weight excluding hydrogens is 228 g/mol. The first-order valence-electron chi connectivity index (χ1n) is 6.19. The highest BCUT2D eigenvalue weighted by Gasteiger charge is 2.16. The summed E-state index contributed by atoms with van der Waals surface area (Å²) in [7, 11) is 0. The molecule has 4 heteroatoms. The third-order valence-electron chi connectivity index (χ3n) is 2.45. The van der Waals surface area contributed by atoms with Crippen LogP contribution in [0.3, 0.4) is 0 Å². The van der Waals surface area contributed by atoms with Crippen LogP contribution in [0, 0.1) is 0 Å². The fraction of sp³-hybridized carbons (Fsp3) is 0.500. The molecule has 0 aliphatic rings. The highest BCUT2D eigenvalue weighted by molar-refractivity contribution is 5.91. The van der Waals surface area contributed by atoms with Crippen LogP contribution in [0.2, 0.25) is 0 Å². The van der Waals surface area contributed by atoms with E-state index >= 15 is 0 Å². The van der Waals surface area contributed by atoms with E-state index in [2.05, 4.69) is 5.32 Å². The molecule has 100 valence electrons. The lowest BCUT2D eigenvalue weighted by atomic mass is 10.0. The maximum atomic E-state index is 11.7. The Labute approximate surface area is 108 Å². The van der Waals surface area contributed by atoms with E-state index in [9.17, 15) is 4.79 Å². The highest BCUT2D eigenvalue weighted by Crippen LogP contribution is 2.14. The fourth-order valence-electron chi connectivity index (χ4n) is 1.71. The summed E-state index contributed by atoms with van der Waals surface area (Å²) in [5.41, 5.74) is 7.18. The molecule has 0 spiro atoms. The van der Waals surface area contributed by atoms with Gasteiger partial charge in [0.25, 0.3) is 0 Å². The summed E-state index contributed by atoms with van der Waals surface area (Å²) in [6, 6.07) is 7.66. The fourth-order valence-corrected chi connectivity index (χ4v) is 1.71. The van der Waals surface area contributed by atoms with E-state index in [1.165, 1.54) is 0 Å². The number of carbonyl (C=O) groups is 1. The summed E-state index contributed by atoms with van der Waals surface area (Å²) >= 11 is 0. The number of amides is 1. The zero-order chi connectivity index (χ0) is 13.6. The average molecular weight is 250 g/mol. The molecular formula is C14H22N2O2. The molecule has 0 bridgehead atoms. The molecule has 0 aliphatic heterocycles. The van der Waals surface area contributed by atoms with E-state index in [1.807, 2.05) is 38.1 Å². The van der Waals surface area contributed by atoms with Crippen molar-refractivity contribution >= 4 is 11.6 Å². The minimum atomic E-state index is -0.501. The highest BCUT2D eigenvalue weighted by atomic mass is 16.2. The number of hydrogen-bond acceptors (Lipinski definition) is 3. The summed E-state index contributed by atoms with van der Waals surface area (Å²) in [4.78, 5) is 11.7. The minimum Gasteiger partial charge on any atom is -0.396 e. The molecule has 4 nitrogen and oxygen atoms in total. The first-order valence-corrected chi connectivity index (χ1v) is 6.19. The van der Waals surface area contributed by atoms with Gasteiger partial charge in [-0.1, -0.05) is 12.1 Å². The summed E-state index contributed by atoms with van der Waals surface area (Å²) in [6.07, 6.45) is 1.82. The van der Waals surface area contributed by atoms with Crippen molar-refractivity contribution in [2.24, 2.45) is 5.73 Å². The number of anilines is 1. The van der Waals surface area contributed by atoms with Crippen molar-refractivity contribution in [3.05, 3.63) is 29.8 Å². The largest absolute Gasteiger partial charge is 0.396 e. The van der Waals surface area contributed by atoms with Crippen LogP contribution in [0.15, 0.2) is 24.3 Å². The van der Waals surface area contributed by atoms with Gasteiger partial charge in [0.2, 0.25) is 5.91 Å². The van der Waals surface area contributed by atoms with Crippen molar-refractivity contribution in [2.45, 2.75) is 38.6 Å². The second kappa shape index (κ2) is 6.52. The van der Waals surface area contributed by atoms with E-state index in [-0.39, 0.29) is 18.9 Å². The van der Waals surface area contributed by atoms with Gasteiger partial charge in [-0.05, 0) is 44.4 Å². The third kappa shape index (κ3) is 5.80.